The Morgan fingerprint density at radius 2 is 2.05 bits per heavy atom. The zero-order chi connectivity index (χ0) is 15.4. The van der Waals surface area contributed by atoms with Gasteiger partial charge in [0.2, 0.25) is 0 Å². The molecule has 0 saturated carbocycles. The van der Waals surface area contributed by atoms with Gasteiger partial charge in [-0.25, -0.2) is 0 Å². The van der Waals surface area contributed by atoms with Crippen molar-refractivity contribution in [2.24, 2.45) is 5.92 Å². The van der Waals surface area contributed by atoms with Crippen molar-refractivity contribution in [1.29, 1.82) is 0 Å². The summed E-state index contributed by atoms with van der Waals surface area (Å²) < 4.78 is 0. The zero-order valence-electron chi connectivity index (χ0n) is 13.2. The number of likely N-dealkylation sites (tertiary alicyclic amines) is 1. The van der Waals surface area contributed by atoms with Gasteiger partial charge in [-0.2, -0.15) is 0 Å². The molecule has 1 fully saturated rings. The molecular weight excluding hydrogens is 303 g/mol. The molecular formula is C17H26Cl2N2. The predicted octanol–water partition coefficient (Wildman–Crippen LogP) is 4.76. The second-order valence-electron chi connectivity index (χ2n) is 6.41. The van der Waals surface area contributed by atoms with Gasteiger partial charge >= 0.3 is 0 Å². The molecule has 1 aliphatic heterocycles. The smallest absolute Gasteiger partial charge is 0.0455 e. The molecule has 0 spiro atoms. The molecule has 4 heteroatoms. The standard InChI is InChI=1S/C17H26Cl2N2/c1-12(2)20-11-13-6-4-5-9-21(3)17(13)15-10-14(18)7-8-16(15)19/h7-8,10,12-13,17,20H,4-6,9,11H2,1-3H3. The van der Waals surface area contributed by atoms with E-state index in [1.54, 1.807) is 0 Å². The van der Waals surface area contributed by atoms with Crippen LogP contribution in [-0.2, 0) is 0 Å². The summed E-state index contributed by atoms with van der Waals surface area (Å²) in [7, 11) is 2.20. The number of benzene rings is 1. The number of halogens is 2. The Morgan fingerprint density at radius 3 is 2.76 bits per heavy atom. The Labute approximate surface area is 138 Å². The first kappa shape index (κ1) is 17.1. The van der Waals surface area contributed by atoms with Crippen molar-refractivity contribution < 1.29 is 0 Å². The highest BCUT2D eigenvalue weighted by Crippen LogP contribution is 2.38. The summed E-state index contributed by atoms with van der Waals surface area (Å²) in [5.41, 5.74) is 1.17. The summed E-state index contributed by atoms with van der Waals surface area (Å²) in [6.45, 7) is 6.53. The number of rotatable bonds is 4. The Hall–Kier alpha value is -0.280. The van der Waals surface area contributed by atoms with Gasteiger partial charge < -0.3 is 5.32 Å². The molecule has 0 aliphatic carbocycles. The van der Waals surface area contributed by atoms with E-state index in [1.165, 1.54) is 24.8 Å². The van der Waals surface area contributed by atoms with E-state index in [-0.39, 0.29) is 0 Å². The Morgan fingerprint density at radius 1 is 1.29 bits per heavy atom. The molecule has 2 rings (SSSR count). The van der Waals surface area contributed by atoms with Crippen LogP contribution in [0.25, 0.3) is 0 Å². The monoisotopic (exact) mass is 328 g/mol. The van der Waals surface area contributed by atoms with E-state index in [2.05, 4.69) is 31.1 Å². The minimum atomic E-state index is 0.338. The van der Waals surface area contributed by atoms with Crippen molar-refractivity contribution >= 4 is 23.2 Å². The van der Waals surface area contributed by atoms with Crippen LogP contribution in [0, 0.1) is 5.92 Å². The molecule has 0 amide bonds. The van der Waals surface area contributed by atoms with Crippen LogP contribution >= 0.6 is 23.2 Å². The molecule has 2 atom stereocenters. The van der Waals surface area contributed by atoms with E-state index in [1.807, 2.05) is 18.2 Å². The predicted molar refractivity (Wildman–Crippen MR) is 92.3 cm³/mol. The van der Waals surface area contributed by atoms with Crippen LogP contribution in [0.2, 0.25) is 10.0 Å². The molecule has 1 heterocycles. The SMILES string of the molecule is CC(C)NCC1CCCCN(C)C1c1cc(Cl)ccc1Cl. The largest absolute Gasteiger partial charge is 0.314 e. The molecule has 0 radical (unpaired) electrons. The van der Waals surface area contributed by atoms with Crippen molar-refractivity contribution in [2.45, 2.75) is 45.2 Å². The first-order valence-corrected chi connectivity index (χ1v) is 8.63. The first-order valence-electron chi connectivity index (χ1n) is 7.87. The van der Waals surface area contributed by atoms with Crippen molar-refractivity contribution in [3.8, 4) is 0 Å². The van der Waals surface area contributed by atoms with Gasteiger partial charge in [0, 0.05) is 28.7 Å². The van der Waals surface area contributed by atoms with Crippen LogP contribution in [0.4, 0.5) is 0 Å². The molecule has 1 N–H and O–H groups in total. The van der Waals surface area contributed by atoms with Crippen LogP contribution in [0.1, 0.15) is 44.7 Å². The number of hydrogen-bond acceptors (Lipinski definition) is 2. The minimum absolute atomic E-state index is 0.338. The lowest BCUT2D eigenvalue weighted by Crippen LogP contribution is -2.37. The van der Waals surface area contributed by atoms with Crippen LogP contribution in [-0.4, -0.2) is 31.1 Å². The van der Waals surface area contributed by atoms with E-state index < -0.39 is 0 Å². The van der Waals surface area contributed by atoms with Gasteiger partial charge in [0.05, 0.1) is 0 Å². The third-order valence-corrected chi connectivity index (χ3v) is 4.90. The molecule has 1 aliphatic rings. The van der Waals surface area contributed by atoms with Gasteiger partial charge in [-0.15, -0.1) is 0 Å². The quantitative estimate of drug-likeness (QED) is 0.856. The number of nitrogens with zero attached hydrogens (tertiary/aromatic N) is 1. The Balaban J connectivity index is 2.29. The van der Waals surface area contributed by atoms with Crippen LogP contribution in [0.3, 0.4) is 0 Å². The average Bonchev–Trinajstić information content (AvgIpc) is 2.61. The lowest BCUT2D eigenvalue weighted by atomic mass is 9.89. The average molecular weight is 329 g/mol. The van der Waals surface area contributed by atoms with Gasteiger partial charge in [0.1, 0.15) is 0 Å². The summed E-state index contributed by atoms with van der Waals surface area (Å²) in [5.74, 6) is 0.566. The third-order valence-electron chi connectivity index (χ3n) is 4.32. The highest BCUT2D eigenvalue weighted by molar-refractivity contribution is 6.33. The molecule has 118 valence electrons. The second-order valence-corrected chi connectivity index (χ2v) is 7.25. The van der Waals surface area contributed by atoms with Crippen LogP contribution in [0.15, 0.2) is 18.2 Å². The maximum absolute atomic E-state index is 6.47. The molecule has 1 saturated heterocycles. The second kappa shape index (κ2) is 7.82. The molecule has 1 aromatic carbocycles. The van der Waals surface area contributed by atoms with Gasteiger partial charge in [-0.05, 0) is 56.1 Å². The molecule has 0 bridgehead atoms. The van der Waals surface area contributed by atoms with E-state index in [0.29, 0.717) is 18.0 Å². The number of hydrogen-bond donors (Lipinski definition) is 1. The van der Waals surface area contributed by atoms with E-state index >= 15 is 0 Å². The van der Waals surface area contributed by atoms with E-state index in [4.69, 9.17) is 23.2 Å². The van der Waals surface area contributed by atoms with Gasteiger partial charge in [-0.3, -0.25) is 4.90 Å². The summed E-state index contributed by atoms with van der Waals surface area (Å²) in [6.07, 6.45) is 3.77. The van der Waals surface area contributed by atoms with Gasteiger partial charge in [0.15, 0.2) is 0 Å². The Bertz CT molecular complexity index is 462. The lowest BCUT2D eigenvalue weighted by molar-refractivity contribution is 0.187. The van der Waals surface area contributed by atoms with Gasteiger partial charge in [0.25, 0.3) is 0 Å². The van der Waals surface area contributed by atoms with Crippen molar-refractivity contribution in [2.75, 3.05) is 20.1 Å². The zero-order valence-corrected chi connectivity index (χ0v) is 14.7. The highest BCUT2D eigenvalue weighted by Gasteiger charge is 2.30. The van der Waals surface area contributed by atoms with E-state index in [0.717, 1.165) is 23.1 Å². The first-order chi connectivity index (χ1) is 9.99. The van der Waals surface area contributed by atoms with Crippen molar-refractivity contribution in [3.63, 3.8) is 0 Å². The Kier molecular flexibility index (Phi) is 6.36. The molecule has 2 unspecified atom stereocenters. The summed E-state index contributed by atoms with van der Waals surface area (Å²) in [4.78, 5) is 2.44. The highest BCUT2D eigenvalue weighted by atomic mass is 35.5. The van der Waals surface area contributed by atoms with Crippen LogP contribution < -0.4 is 5.32 Å². The molecule has 0 aromatic heterocycles. The van der Waals surface area contributed by atoms with Gasteiger partial charge in [-0.1, -0.05) is 43.5 Å². The maximum atomic E-state index is 6.47. The normalized spacial score (nSPS) is 24.3. The summed E-state index contributed by atoms with van der Waals surface area (Å²) in [5, 5.41) is 5.19. The fourth-order valence-electron chi connectivity index (χ4n) is 3.26. The molecule has 21 heavy (non-hydrogen) atoms. The van der Waals surface area contributed by atoms with Crippen LogP contribution in [0.5, 0.6) is 0 Å². The summed E-state index contributed by atoms with van der Waals surface area (Å²) in [6, 6.07) is 6.67. The molecule has 2 nitrogen and oxygen atoms in total. The van der Waals surface area contributed by atoms with Crippen molar-refractivity contribution in [1.82, 2.24) is 10.2 Å². The van der Waals surface area contributed by atoms with E-state index in [9.17, 15) is 0 Å². The topological polar surface area (TPSA) is 15.3 Å². The fourth-order valence-corrected chi connectivity index (χ4v) is 3.67. The summed E-state index contributed by atoms with van der Waals surface area (Å²) >= 11 is 12.7. The maximum Gasteiger partial charge on any atom is 0.0455 e. The van der Waals surface area contributed by atoms with Crippen molar-refractivity contribution in [3.05, 3.63) is 33.8 Å². The lowest BCUT2D eigenvalue weighted by Gasteiger charge is -2.34. The molecule has 1 aromatic rings. The fraction of sp³-hybridized carbons (Fsp3) is 0.647. The third kappa shape index (κ3) is 4.59. The number of nitrogens with one attached hydrogen (secondary N) is 1. The minimum Gasteiger partial charge on any atom is -0.314 e.